The summed E-state index contributed by atoms with van der Waals surface area (Å²) < 4.78 is 12.4. The minimum Gasteiger partial charge on any atom is -0.493 e. The third-order valence-corrected chi connectivity index (χ3v) is 5.79. The summed E-state index contributed by atoms with van der Waals surface area (Å²) in [6, 6.07) is 12.8. The van der Waals surface area contributed by atoms with E-state index in [4.69, 9.17) is 21.1 Å². The van der Waals surface area contributed by atoms with Crippen molar-refractivity contribution in [3.63, 3.8) is 0 Å². The normalized spacial score (nSPS) is 10.7. The van der Waals surface area contributed by atoms with Gasteiger partial charge in [0.1, 0.15) is 5.82 Å². The maximum Gasteiger partial charge on any atom is 0.251 e. The van der Waals surface area contributed by atoms with Crippen molar-refractivity contribution in [1.29, 1.82) is 0 Å². The third-order valence-electron chi connectivity index (χ3n) is 4.46. The van der Waals surface area contributed by atoms with E-state index < -0.39 is 0 Å². The van der Waals surface area contributed by atoms with Crippen LogP contribution < -0.4 is 14.8 Å². The van der Waals surface area contributed by atoms with Crippen molar-refractivity contribution >= 4 is 29.3 Å². The van der Waals surface area contributed by atoms with E-state index in [0.29, 0.717) is 30.0 Å². The van der Waals surface area contributed by atoms with E-state index in [0.717, 1.165) is 27.3 Å². The van der Waals surface area contributed by atoms with E-state index in [-0.39, 0.29) is 5.91 Å². The average Bonchev–Trinajstić information content (AvgIpc) is 3.11. The van der Waals surface area contributed by atoms with Crippen molar-refractivity contribution in [3.8, 4) is 11.5 Å². The molecule has 0 saturated heterocycles. The van der Waals surface area contributed by atoms with E-state index in [1.807, 2.05) is 35.9 Å². The van der Waals surface area contributed by atoms with Gasteiger partial charge in [0.25, 0.3) is 5.91 Å². The molecule has 0 aliphatic rings. The van der Waals surface area contributed by atoms with Gasteiger partial charge in [-0.25, -0.2) is 0 Å². The number of ether oxygens (including phenoxy) is 2. The molecule has 0 spiro atoms. The topological polar surface area (TPSA) is 78.3 Å². The van der Waals surface area contributed by atoms with Crippen LogP contribution in [0.5, 0.6) is 11.5 Å². The van der Waals surface area contributed by atoms with Crippen LogP contribution in [-0.4, -0.2) is 41.4 Å². The maximum atomic E-state index is 12.4. The van der Waals surface area contributed by atoms with Crippen molar-refractivity contribution in [2.24, 2.45) is 7.05 Å². The smallest absolute Gasteiger partial charge is 0.251 e. The molecule has 158 valence electrons. The van der Waals surface area contributed by atoms with E-state index in [2.05, 4.69) is 15.5 Å². The van der Waals surface area contributed by atoms with Gasteiger partial charge in [0.15, 0.2) is 16.7 Å². The number of carbonyl (C=O) groups excluding carboxylic acids is 1. The highest BCUT2D eigenvalue weighted by Gasteiger charge is 2.13. The number of rotatable bonds is 9. The summed E-state index contributed by atoms with van der Waals surface area (Å²) in [5, 5.41) is 12.9. The number of nitrogens with one attached hydrogen (secondary N) is 1. The first-order chi connectivity index (χ1) is 14.5. The molecule has 0 atom stereocenters. The lowest BCUT2D eigenvalue weighted by atomic mass is 10.2. The van der Waals surface area contributed by atoms with Gasteiger partial charge in [-0.05, 0) is 35.9 Å². The van der Waals surface area contributed by atoms with Crippen LogP contribution in [0.3, 0.4) is 0 Å². The van der Waals surface area contributed by atoms with E-state index in [1.54, 1.807) is 37.1 Å². The number of benzene rings is 2. The van der Waals surface area contributed by atoms with Gasteiger partial charge in [0.05, 0.1) is 14.2 Å². The zero-order valence-corrected chi connectivity index (χ0v) is 18.6. The van der Waals surface area contributed by atoms with Gasteiger partial charge in [-0.3, -0.25) is 4.79 Å². The summed E-state index contributed by atoms with van der Waals surface area (Å²) in [5.74, 6) is 2.46. The molecule has 0 fully saturated rings. The zero-order chi connectivity index (χ0) is 21.5. The number of aromatic nitrogens is 3. The standard InChI is InChI=1S/C21H23ClN4O3S/c1-26-19(24-25-21(26)30-13-14-5-4-6-16(22)11-14)9-10-23-20(27)15-7-8-17(28-2)18(12-15)29-3/h4-8,11-12H,9-10,13H2,1-3H3,(H,23,27). The van der Waals surface area contributed by atoms with Crippen LogP contribution in [0.15, 0.2) is 47.6 Å². The lowest BCUT2D eigenvalue weighted by molar-refractivity contribution is 0.0953. The van der Waals surface area contributed by atoms with Gasteiger partial charge in [0, 0.05) is 36.4 Å². The van der Waals surface area contributed by atoms with Crippen molar-refractivity contribution in [2.75, 3.05) is 20.8 Å². The number of hydrogen-bond donors (Lipinski definition) is 1. The summed E-state index contributed by atoms with van der Waals surface area (Å²) in [5.41, 5.74) is 1.63. The lowest BCUT2D eigenvalue weighted by Gasteiger charge is -2.10. The Labute approximate surface area is 184 Å². The molecule has 2 aromatic carbocycles. The lowest BCUT2D eigenvalue weighted by Crippen LogP contribution is -2.26. The molecule has 0 saturated carbocycles. The fraction of sp³-hybridized carbons (Fsp3) is 0.286. The number of thioether (sulfide) groups is 1. The molecule has 3 aromatic rings. The summed E-state index contributed by atoms with van der Waals surface area (Å²) in [6.07, 6.45) is 0.570. The molecule has 0 aliphatic heterocycles. The average molecular weight is 447 g/mol. The number of methoxy groups -OCH3 is 2. The Bertz CT molecular complexity index is 1030. The van der Waals surface area contributed by atoms with Gasteiger partial charge < -0.3 is 19.4 Å². The second-order valence-corrected chi connectivity index (χ2v) is 7.83. The van der Waals surface area contributed by atoms with Gasteiger partial charge in [-0.15, -0.1) is 10.2 Å². The van der Waals surface area contributed by atoms with Crippen LogP contribution in [0.2, 0.25) is 5.02 Å². The molecule has 1 heterocycles. The SMILES string of the molecule is COc1ccc(C(=O)NCCc2nnc(SCc3cccc(Cl)c3)n2C)cc1OC. The molecule has 0 unspecified atom stereocenters. The van der Waals surface area contributed by atoms with Crippen LogP contribution >= 0.6 is 23.4 Å². The molecule has 7 nitrogen and oxygen atoms in total. The van der Waals surface area contributed by atoms with Crippen LogP contribution in [-0.2, 0) is 19.2 Å². The van der Waals surface area contributed by atoms with Gasteiger partial charge in [0.2, 0.25) is 0 Å². The van der Waals surface area contributed by atoms with Gasteiger partial charge in [-0.2, -0.15) is 0 Å². The van der Waals surface area contributed by atoms with Crippen molar-refractivity contribution in [2.45, 2.75) is 17.3 Å². The molecule has 1 amide bonds. The number of amides is 1. The minimum absolute atomic E-state index is 0.186. The summed E-state index contributed by atoms with van der Waals surface area (Å²) in [4.78, 5) is 12.4. The van der Waals surface area contributed by atoms with Crippen LogP contribution in [0.4, 0.5) is 0 Å². The second-order valence-electron chi connectivity index (χ2n) is 6.45. The fourth-order valence-electron chi connectivity index (χ4n) is 2.83. The molecule has 1 aromatic heterocycles. The molecule has 9 heteroatoms. The summed E-state index contributed by atoms with van der Waals surface area (Å²) in [6.45, 7) is 0.443. The van der Waals surface area contributed by atoms with Crippen molar-refractivity contribution in [1.82, 2.24) is 20.1 Å². The number of nitrogens with zero attached hydrogens (tertiary/aromatic N) is 3. The van der Waals surface area contributed by atoms with Crippen molar-refractivity contribution in [3.05, 3.63) is 64.4 Å². The first kappa shape index (κ1) is 22.0. The first-order valence-electron chi connectivity index (χ1n) is 9.27. The Morgan fingerprint density at radius 2 is 1.93 bits per heavy atom. The highest BCUT2D eigenvalue weighted by atomic mass is 35.5. The van der Waals surface area contributed by atoms with Crippen LogP contribution in [0.1, 0.15) is 21.7 Å². The highest BCUT2D eigenvalue weighted by molar-refractivity contribution is 7.98. The molecule has 0 bridgehead atoms. The Balaban J connectivity index is 1.53. The largest absolute Gasteiger partial charge is 0.493 e. The Hall–Kier alpha value is -2.71. The first-order valence-corrected chi connectivity index (χ1v) is 10.6. The molecular formula is C21H23ClN4O3S. The van der Waals surface area contributed by atoms with Crippen LogP contribution in [0, 0.1) is 0 Å². The molecule has 0 aliphatic carbocycles. The summed E-state index contributed by atoms with van der Waals surface area (Å²) in [7, 11) is 5.02. The van der Waals surface area contributed by atoms with Crippen molar-refractivity contribution < 1.29 is 14.3 Å². The van der Waals surface area contributed by atoms with E-state index in [9.17, 15) is 4.79 Å². The monoisotopic (exact) mass is 446 g/mol. The van der Waals surface area contributed by atoms with E-state index in [1.165, 1.54) is 7.11 Å². The molecule has 30 heavy (non-hydrogen) atoms. The Morgan fingerprint density at radius 3 is 2.67 bits per heavy atom. The Morgan fingerprint density at radius 1 is 1.13 bits per heavy atom. The van der Waals surface area contributed by atoms with Crippen LogP contribution in [0.25, 0.3) is 0 Å². The maximum absolute atomic E-state index is 12.4. The predicted octanol–water partition coefficient (Wildman–Crippen LogP) is 3.75. The number of hydrogen-bond acceptors (Lipinski definition) is 6. The quantitative estimate of drug-likeness (QED) is 0.504. The predicted molar refractivity (Wildman–Crippen MR) is 118 cm³/mol. The van der Waals surface area contributed by atoms with Gasteiger partial charge >= 0.3 is 0 Å². The summed E-state index contributed by atoms with van der Waals surface area (Å²) >= 11 is 7.62. The number of carbonyl (C=O) groups is 1. The Kier molecular flexibility index (Phi) is 7.59. The molecule has 1 N–H and O–H groups in total. The van der Waals surface area contributed by atoms with E-state index >= 15 is 0 Å². The molecule has 0 radical (unpaired) electrons. The van der Waals surface area contributed by atoms with Gasteiger partial charge in [-0.1, -0.05) is 35.5 Å². The highest BCUT2D eigenvalue weighted by Crippen LogP contribution is 2.27. The minimum atomic E-state index is -0.186. The second kappa shape index (κ2) is 10.4. The zero-order valence-electron chi connectivity index (χ0n) is 17.0. The number of halogens is 1. The third kappa shape index (κ3) is 5.46. The fourth-order valence-corrected chi connectivity index (χ4v) is 3.92. The molecule has 3 rings (SSSR count). The molecular weight excluding hydrogens is 424 g/mol.